The molecule has 0 amide bonds. The Kier molecular flexibility index (Phi) is 4.03. The molecule has 1 atom stereocenters. The molecule has 0 N–H and O–H groups in total. The lowest BCUT2D eigenvalue weighted by Crippen LogP contribution is -2.31. The van der Waals surface area contributed by atoms with Crippen LogP contribution in [0.15, 0.2) is 58.3 Å². The molecule has 22 heavy (non-hydrogen) atoms. The minimum absolute atomic E-state index is 0.173. The van der Waals surface area contributed by atoms with Crippen LogP contribution >= 0.6 is 11.8 Å². The highest BCUT2D eigenvalue weighted by Gasteiger charge is 2.39. The zero-order valence-corrected chi connectivity index (χ0v) is 13.2. The largest absolute Gasteiger partial charge is 0.468 e. The van der Waals surface area contributed by atoms with Crippen LogP contribution in [-0.2, 0) is 14.3 Å². The third kappa shape index (κ3) is 2.44. The van der Waals surface area contributed by atoms with Crippen LogP contribution in [0.2, 0.25) is 0 Å². The van der Waals surface area contributed by atoms with Gasteiger partial charge in [0.15, 0.2) is 0 Å². The Labute approximate surface area is 133 Å². The first-order valence-corrected chi connectivity index (χ1v) is 7.89. The van der Waals surface area contributed by atoms with Crippen LogP contribution in [0.25, 0.3) is 0 Å². The summed E-state index contributed by atoms with van der Waals surface area (Å²) in [6, 6.07) is 15.8. The summed E-state index contributed by atoms with van der Waals surface area (Å²) in [7, 11) is 1.33. The van der Waals surface area contributed by atoms with Crippen molar-refractivity contribution in [1.29, 1.82) is 0 Å². The quantitative estimate of drug-likeness (QED) is 0.641. The number of carbonyl (C=O) groups excluding carboxylic acids is 2. The van der Waals surface area contributed by atoms with E-state index in [0.29, 0.717) is 0 Å². The number of benzene rings is 2. The first-order valence-electron chi connectivity index (χ1n) is 7.07. The molecule has 0 spiro atoms. The number of methoxy groups -OCH3 is 1. The predicted octanol–water partition coefficient (Wildman–Crippen LogP) is 3.66. The molecule has 1 aliphatic heterocycles. The SMILES string of the molecule is COC(=O)C(C(C)=O)C1c2ccccc2Sc2ccccc21. The van der Waals surface area contributed by atoms with Crippen LogP contribution in [0.4, 0.5) is 0 Å². The Balaban J connectivity index is 2.21. The van der Waals surface area contributed by atoms with E-state index in [-0.39, 0.29) is 11.7 Å². The van der Waals surface area contributed by atoms with Gasteiger partial charge >= 0.3 is 5.97 Å². The fourth-order valence-electron chi connectivity index (χ4n) is 2.97. The van der Waals surface area contributed by atoms with Gasteiger partial charge in [-0.25, -0.2) is 0 Å². The molecule has 1 unspecified atom stereocenters. The van der Waals surface area contributed by atoms with Gasteiger partial charge in [0.05, 0.1) is 7.11 Å². The van der Waals surface area contributed by atoms with Crippen molar-refractivity contribution in [3.05, 3.63) is 59.7 Å². The third-order valence-corrected chi connectivity index (χ3v) is 5.14. The first-order chi connectivity index (χ1) is 10.6. The van der Waals surface area contributed by atoms with Crippen LogP contribution in [0, 0.1) is 5.92 Å². The zero-order chi connectivity index (χ0) is 15.7. The average molecular weight is 312 g/mol. The van der Waals surface area contributed by atoms with E-state index in [0.717, 1.165) is 20.9 Å². The summed E-state index contributed by atoms with van der Waals surface area (Å²) in [5.74, 6) is -1.76. The summed E-state index contributed by atoms with van der Waals surface area (Å²) >= 11 is 1.67. The van der Waals surface area contributed by atoms with Crippen molar-refractivity contribution in [2.24, 2.45) is 5.92 Å². The number of esters is 1. The van der Waals surface area contributed by atoms with E-state index in [1.165, 1.54) is 14.0 Å². The molecular weight excluding hydrogens is 296 g/mol. The van der Waals surface area contributed by atoms with Gasteiger partial charge in [-0.3, -0.25) is 9.59 Å². The van der Waals surface area contributed by atoms with Gasteiger partial charge in [-0.15, -0.1) is 0 Å². The van der Waals surface area contributed by atoms with Gasteiger partial charge in [0.2, 0.25) is 0 Å². The minimum atomic E-state index is -0.812. The smallest absolute Gasteiger partial charge is 0.317 e. The summed E-state index contributed by atoms with van der Waals surface area (Å²) in [6.07, 6.45) is 0. The lowest BCUT2D eigenvalue weighted by Gasteiger charge is -2.31. The number of ether oxygens (including phenoxy) is 1. The Morgan fingerprint density at radius 1 is 1.00 bits per heavy atom. The van der Waals surface area contributed by atoms with Gasteiger partial charge in [-0.2, -0.15) is 0 Å². The molecule has 1 aliphatic rings. The highest BCUT2D eigenvalue weighted by molar-refractivity contribution is 7.99. The van der Waals surface area contributed by atoms with Crippen molar-refractivity contribution < 1.29 is 14.3 Å². The van der Waals surface area contributed by atoms with E-state index in [4.69, 9.17) is 4.74 Å². The van der Waals surface area contributed by atoms with E-state index >= 15 is 0 Å². The Morgan fingerprint density at radius 2 is 1.50 bits per heavy atom. The second kappa shape index (κ2) is 5.97. The molecule has 4 heteroatoms. The number of carbonyl (C=O) groups is 2. The monoisotopic (exact) mass is 312 g/mol. The van der Waals surface area contributed by atoms with Crippen LogP contribution < -0.4 is 0 Å². The summed E-state index contributed by atoms with van der Waals surface area (Å²) in [6.45, 7) is 1.45. The molecule has 0 aromatic heterocycles. The van der Waals surface area contributed by atoms with E-state index in [1.54, 1.807) is 11.8 Å². The number of hydrogen-bond acceptors (Lipinski definition) is 4. The molecular formula is C18H16O3S. The summed E-state index contributed by atoms with van der Waals surface area (Å²) < 4.78 is 4.89. The van der Waals surface area contributed by atoms with Crippen molar-refractivity contribution >= 4 is 23.5 Å². The topological polar surface area (TPSA) is 43.4 Å². The fraction of sp³-hybridized carbons (Fsp3) is 0.222. The van der Waals surface area contributed by atoms with Gasteiger partial charge in [0.1, 0.15) is 11.7 Å². The van der Waals surface area contributed by atoms with E-state index in [9.17, 15) is 9.59 Å². The zero-order valence-electron chi connectivity index (χ0n) is 12.4. The van der Waals surface area contributed by atoms with E-state index in [2.05, 4.69) is 0 Å². The molecule has 0 radical (unpaired) electrons. The standard InChI is InChI=1S/C18H16O3S/c1-11(19)16(18(20)21-2)17-12-7-3-5-9-14(12)22-15-10-6-4-8-13(15)17/h3-10,16-17H,1-2H3. The second-order valence-corrected chi connectivity index (χ2v) is 6.35. The predicted molar refractivity (Wildman–Crippen MR) is 85.0 cm³/mol. The maximum atomic E-state index is 12.2. The highest BCUT2D eigenvalue weighted by Crippen LogP contribution is 2.48. The highest BCUT2D eigenvalue weighted by atomic mass is 32.2. The summed E-state index contributed by atoms with van der Waals surface area (Å²) in [4.78, 5) is 26.5. The average Bonchev–Trinajstić information content (AvgIpc) is 2.54. The molecule has 3 rings (SSSR count). The molecule has 2 aromatic carbocycles. The van der Waals surface area contributed by atoms with E-state index in [1.807, 2.05) is 48.5 Å². The first kappa shape index (κ1) is 14.9. The van der Waals surface area contributed by atoms with Crippen molar-refractivity contribution in [2.75, 3.05) is 7.11 Å². The van der Waals surface area contributed by atoms with Crippen LogP contribution in [0.1, 0.15) is 24.0 Å². The van der Waals surface area contributed by atoms with Crippen molar-refractivity contribution in [2.45, 2.75) is 22.6 Å². The molecule has 0 saturated carbocycles. The van der Waals surface area contributed by atoms with Gasteiger partial charge in [0.25, 0.3) is 0 Å². The van der Waals surface area contributed by atoms with Gasteiger partial charge < -0.3 is 4.74 Å². The van der Waals surface area contributed by atoms with Crippen molar-refractivity contribution in [3.63, 3.8) is 0 Å². The normalized spacial score (nSPS) is 14.6. The molecule has 2 aromatic rings. The third-order valence-electron chi connectivity index (χ3n) is 3.95. The number of hydrogen-bond donors (Lipinski definition) is 0. The molecule has 3 nitrogen and oxygen atoms in total. The number of fused-ring (bicyclic) bond motifs is 2. The maximum absolute atomic E-state index is 12.2. The molecule has 0 aliphatic carbocycles. The van der Waals surface area contributed by atoms with Crippen molar-refractivity contribution in [1.82, 2.24) is 0 Å². The molecule has 1 heterocycles. The van der Waals surface area contributed by atoms with Gasteiger partial charge in [-0.05, 0) is 30.2 Å². The van der Waals surface area contributed by atoms with Crippen LogP contribution in [0.3, 0.4) is 0 Å². The number of ketones is 1. The minimum Gasteiger partial charge on any atom is -0.468 e. The molecule has 0 saturated heterocycles. The molecule has 0 bridgehead atoms. The molecule has 0 fully saturated rings. The van der Waals surface area contributed by atoms with E-state index < -0.39 is 11.9 Å². The summed E-state index contributed by atoms with van der Waals surface area (Å²) in [5, 5.41) is 0. The Hall–Kier alpha value is -2.07. The van der Waals surface area contributed by atoms with Gasteiger partial charge in [-0.1, -0.05) is 48.2 Å². The lowest BCUT2D eigenvalue weighted by atomic mass is 9.78. The Bertz CT molecular complexity index is 693. The summed E-state index contributed by atoms with van der Waals surface area (Å²) in [5.41, 5.74) is 2.02. The number of rotatable bonds is 3. The van der Waals surface area contributed by atoms with Gasteiger partial charge in [0, 0.05) is 15.7 Å². The van der Waals surface area contributed by atoms with Crippen molar-refractivity contribution in [3.8, 4) is 0 Å². The lowest BCUT2D eigenvalue weighted by molar-refractivity contribution is -0.149. The van der Waals surface area contributed by atoms with Crippen LogP contribution in [0.5, 0.6) is 0 Å². The molecule has 112 valence electrons. The Morgan fingerprint density at radius 3 is 1.95 bits per heavy atom. The number of Topliss-reactive ketones (excluding diaryl/α,β-unsaturated/α-hetero) is 1. The second-order valence-electron chi connectivity index (χ2n) is 5.27. The van der Waals surface area contributed by atoms with Crippen LogP contribution in [-0.4, -0.2) is 18.9 Å². The fourth-order valence-corrected chi connectivity index (χ4v) is 4.13. The maximum Gasteiger partial charge on any atom is 0.317 e.